The minimum absolute atomic E-state index is 0.138. The minimum atomic E-state index is -4.59. The molecule has 1 N–H and O–H groups in total. The molecule has 5 nitrogen and oxygen atoms in total. The molecule has 1 saturated heterocycles. The van der Waals surface area contributed by atoms with Crippen LogP contribution < -0.4 is 4.90 Å². The van der Waals surface area contributed by atoms with Gasteiger partial charge < -0.3 is 10.0 Å². The molecule has 1 aliphatic heterocycles. The molecule has 140 valence electrons. The van der Waals surface area contributed by atoms with Crippen LogP contribution in [0.5, 0.6) is 5.75 Å². The van der Waals surface area contributed by atoms with Crippen LogP contribution in [0.15, 0.2) is 53.4 Å². The summed E-state index contributed by atoms with van der Waals surface area (Å²) in [5.41, 5.74) is -0.139. The van der Waals surface area contributed by atoms with Gasteiger partial charge >= 0.3 is 6.18 Å². The van der Waals surface area contributed by atoms with Gasteiger partial charge in [0.1, 0.15) is 5.75 Å². The van der Waals surface area contributed by atoms with Gasteiger partial charge in [0.2, 0.25) is 10.0 Å². The minimum Gasteiger partial charge on any atom is -0.508 e. The van der Waals surface area contributed by atoms with Gasteiger partial charge in [-0.05, 0) is 42.5 Å². The van der Waals surface area contributed by atoms with Crippen LogP contribution in [0.25, 0.3) is 0 Å². The van der Waals surface area contributed by atoms with E-state index < -0.39 is 21.8 Å². The van der Waals surface area contributed by atoms with Crippen molar-refractivity contribution in [2.45, 2.75) is 11.1 Å². The Kier molecular flexibility index (Phi) is 4.85. The molecule has 1 heterocycles. The van der Waals surface area contributed by atoms with E-state index in [0.717, 1.165) is 17.8 Å². The maximum absolute atomic E-state index is 12.8. The van der Waals surface area contributed by atoms with Crippen molar-refractivity contribution in [3.05, 3.63) is 54.1 Å². The lowest BCUT2D eigenvalue weighted by atomic mass is 10.2. The Balaban J connectivity index is 1.75. The van der Waals surface area contributed by atoms with Crippen LogP contribution in [-0.2, 0) is 16.2 Å². The molecule has 9 heteroatoms. The van der Waals surface area contributed by atoms with Gasteiger partial charge in [0.15, 0.2) is 0 Å². The van der Waals surface area contributed by atoms with E-state index in [2.05, 4.69) is 0 Å². The van der Waals surface area contributed by atoms with Gasteiger partial charge in [-0.15, -0.1) is 0 Å². The molecule has 0 aliphatic carbocycles. The van der Waals surface area contributed by atoms with Crippen LogP contribution in [0, 0.1) is 0 Å². The molecule has 0 spiro atoms. The molecule has 0 amide bonds. The van der Waals surface area contributed by atoms with Crippen molar-refractivity contribution in [2.24, 2.45) is 0 Å². The SMILES string of the molecule is O=S(=O)(c1cccc(C(F)(F)F)c1)N1CCN(c2ccc(O)cc2)CC1. The van der Waals surface area contributed by atoms with E-state index in [-0.39, 0.29) is 23.7 Å². The fourth-order valence-electron chi connectivity index (χ4n) is 2.83. The van der Waals surface area contributed by atoms with E-state index in [0.29, 0.717) is 19.2 Å². The average molecular weight is 386 g/mol. The van der Waals surface area contributed by atoms with Crippen molar-refractivity contribution >= 4 is 15.7 Å². The lowest BCUT2D eigenvalue weighted by Crippen LogP contribution is -2.48. The molecule has 0 aromatic heterocycles. The molecular formula is C17H17F3N2O3S. The number of benzene rings is 2. The number of phenolic OH excluding ortho intramolecular Hbond substituents is 1. The maximum Gasteiger partial charge on any atom is 0.416 e. The van der Waals surface area contributed by atoms with Crippen LogP contribution in [0.1, 0.15) is 5.56 Å². The molecule has 0 unspecified atom stereocenters. The molecule has 3 rings (SSSR count). The van der Waals surface area contributed by atoms with Crippen molar-refractivity contribution in [3.63, 3.8) is 0 Å². The summed E-state index contributed by atoms with van der Waals surface area (Å²) in [6, 6.07) is 10.3. The fraction of sp³-hybridized carbons (Fsp3) is 0.294. The first-order chi connectivity index (χ1) is 12.2. The quantitative estimate of drug-likeness (QED) is 0.881. The summed E-state index contributed by atoms with van der Waals surface area (Å²) in [6.07, 6.45) is -4.59. The second kappa shape index (κ2) is 6.81. The zero-order chi connectivity index (χ0) is 18.9. The number of phenols is 1. The van der Waals surface area contributed by atoms with E-state index in [1.807, 2.05) is 4.90 Å². The molecule has 0 saturated carbocycles. The Morgan fingerprint density at radius 1 is 0.923 bits per heavy atom. The van der Waals surface area contributed by atoms with Crippen LogP contribution in [0.2, 0.25) is 0 Å². The Hall–Kier alpha value is -2.26. The van der Waals surface area contributed by atoms with Crippen LogP contribution in [0.4, 0.5) is 18.9 Å². The second-order valence-electron chi connectivity index (χ2n) is 5.93. The molecule has 1 fully saturated rings. The summed E-state index contributed by atoms with van der Waals surface area (Å²) in [6.45, 7) is 1.14. The van der Waals surface area contributed by atoms with Gasteiger partial charge in [-0.1, -0.05) is 6.07 Å². The molecular weight excluding hydrogens is 369 g/mol. The maximum atomic E-state index is 12.8. The highest BCUT2D eigenvalue weighted by Crippen LogP contribution is 2.31. The number of piperazine rings is 1. The molecule has 26 heavy (non-hydrogen) atoms. The number of halogens is 3. The molecule has 2 aromatic rings. The van der Waals surface area contributed by atoms with Gasteiger partial charge in [0, 0.05) is 31.9 Å². The van der Waals surface area contributed by atoms with Gasteiger partial charge in [0.05, 0.1) is 10.5 Å². The van der Waals surface area contributed by atoms with Crippen molar-refractivity contribution < 1.29 is 26.7 Å². The van der Waals surface area contributed by atoms with E-state index in [1.54, 1.807) is 24.3 Å². The van der Waals surface area contributed by atoms with E-state index in [4.69, 9.17) is 0 Å². The predicted octanol–water partition coefficient (Wildman–Crippen LogP) is 2.92. The molecule has 0 atom stereocenters. The first-order valence-corrected chi connectivity index (χ1v) is 9.33. The number of rotatable bonds is 3. The van der Waals surface area contributed by atoms with Gasteiger partial charge in [0.25, 0.3) is 0 Å². The zero-order valence-electron chi connectivity index (χ0n) is 13.6. The Morgan fingerprint density at radius 2 is 1.54 bits per heavy atom. The highest BCUT2D eigenvalue weighted by molar-refractivity contribution is 7.89. The summed E-state index contributed by atoms with van der Waals surface area (Å²) in [7, 11) is -3.99. The number of hydrogen-bond donors (Lipinski definition) is 1. The van der Waals surface area contributed by atoms with Crippen molar-refractivity contribution in [1.82, 2.24) is 4.31 Å². The lowest BCUT2D eigenvalue weighted by Gasteiger charge is -2.35. The van der Waals surface area contributed by atoms with E-state index >= 15 is 0 Å². The third kappa shape index (κ3) is 3.78. The Bertz CT molecular complexity index is 875. The van der Waals surface area contributed by atoms with Crippen LogP contribution in [-0.4, -0.2) is 44.0 Å². The smallest absolute Gasteiger partial charge is 0.416 e. The van der Waals surface area contributed by atoms with E-state index in [1.165, 1.54) is 10.4 Å². The Morgan fingerprint density at radius 3 is 2.12 bits per heavy atom. The number of sulfonamides is 1. The Labute approximate surface area is 149 Å². The molecule has 2 aromatic carbocycles. The van der Waals surface area contributed by atoms with Crippen molar-refractivity contribution in [1.29, 1.82) is 0 Å². The lowest BCUT2D eigenvalue weighted by molar-refractivity contribution is -0.137. The first kappa shape index (κ1) is 18.5. The molecule has 0 bridgehead atoms. The number of hydrogen-bond acceptors (Lipinski definition) is 4. The molecule has 1 aliphatic rings. The third-order valence-corrected chi connectivity index (χ3v) is 6.15. The monoisotopic (exact) mass is 386 g/mol. The van der Waals surface area contributed by atoms with Crippen LogP contribution in [0.3, 0.4) is 0 Å². The standard InChI is InChI=1S/C17H17F3N2O3S/c18-17(19,20)13-2-1-3-16(12-13)26(24,25)22-10-8-21(9-11-22)14-4-6-15(23)7-5-14/h1-7,12,23H,8-11H2. The highest BCUT2D eigenvalue weighted by atomic mass is 32.2. The largest absolute Gasteiger partial charge is 0.508 e. The van der Waals surface area contributed by atoms with Crippen molar-refractivity contribution in [2.75, 3.05) is 31.1 Å². The van der Waals surface area contributed by atoms with Gasteiger partial charge in [-0.2, -0.15) is 17.5 Å². The normalized spacial score (nSPS) is 16.7. The first-order valence-electron chi connectivity index (χ1n) is 7.89. The van der Waals surface area contributed by atoms with Crippen LogP contribution >= 0.6 is 0 Å². The highest BCUT2D eigenvalue weighted by Gasteiger charge is 2.34. The molecule has 0 radical (unpaired) electrons. The fourth-order valence-corrected chi connectivity index (χ4v) is 4.30. The summed E-state index contributed by atoms with van der Waals surface area (Å²) in [5.74, 6) is 0.138. The van der Waals surface area contributed by atoms with Gasteiger partial charge in [-0.3, -0.25) is 0 Å². The summed E-state index contributed by atoms with van der Waals surface area (Å²) in [5, 5.41) is 9.32. The predicted molar refractivity (Wildman–Crippen MR) is 90.5 cm³/mol. The van der Waals surface area contributed by atoms with Crippen molar-refractivity contribution in [3.8, 4) is 5.75 Å². The number of nitrogens with zero attached hydrogens (tertiary/aromatic N) is 2. The topological polar surface area (TPSA) is 60.9 Å². The summed E-state index contributed by atoms with van der Waals surface area (Å²) >= 11 is 0. The summed E-state index contributed by atoms with van der Waals surface area (Å²) < 4.78 is 65.0. The average Bonchev–Trinajstić information content (AvgIpc) is 2.62. The number of aromatic hydroxyl groups is 1. The van der Waals surface area contributed by atoms with E-state index in [9.17, 15) is 26.7 Å². The summed E-state index contributed by atoms with van der Waals surface area (Å²) in [4.78, 5) is 1.60. The van der Waals surface area contributed by atoms with Gasteiger partial charge in [-0.25, -0.2) is 8.42 Å². The third-order valence-electron chi connectivity index (χ3n) is 4.25. The zero-order valence-corrected chi connectivity index (χ0v) is 14.5. The second-order valence-corrected chi connectivity index (χ2v) is 7.87. The number of alkyl halides is 3. The number of anilines is 1.